The first kappa shape index (κ1) is 31.0. The lowest BCUT2D eigenvalue weighted by Gasteiger charge is -2.27. The lowest BCUT2D eigenvalue weighted by Crippen LogP contribution is -2.23. The standard InChI is InChI=1S/C38H32O6P2/c1-29-17-15-27-35(45(39,41-31-19-7-3-8-20-31)42-32-21-9-4-10-22-32)37(29)38-30(2)18-16-28-36(38)46(40,43-33-23-11-5-12-24-33)44-34-25-13-6-14-26-34/h3-28H,1-2H3. The van der Waals surface area contributed by atoms with Crippen molar-refractivity contribution in [3.05, 3.63) is 169 Å². The van der Waals surface area contributed by atoms with Crippen LogP contribution in [0.15, 0.2) is 158 Å². The topological polar surface area (TPSA) is 71.1 Å². The van der Waals surface area contributed by atoms with Gasteiger partial charge in [-0.05, 0) is 85.6 Å². The summed E-state index contributed by atoms with van der Waals surface area (Å²) in [4.78, 5) is 0. The Balaban J connectivity index is 1.58. The van der Waals surface area contributed by atoms with Gasteiger partial charge in [-0.3, -0.25) is 0 Å². The number of hydrogen-bond donors (Lipinski definition) is 0. The van der Waals surface area contributed by atoms with Crippen molar-refractivity contribution < 1.29 is 27.2 Å². The maximum atomic E-state index is 15.2. The van der Waals surface area contributed by atoms with Gasteiger partial charge in [0.05, 0.1) is 10.6 Å². The predicted octanol–water partition coefficient (Wildman–Crippen LogP) is 9.92. The van der Waals surface area contributed by atoms with Crippen LogP contribution >= 0.6 is 15.2 Å². The second kappa shape index (κ2) is 13.5. The monoisotopic (exact) mass is 646 g/mol. The van der Waals surface area contributed by atoms with Crippen LogP contribution in [-0.2, 0) is 9.13 Å². The van der Waals surface area contributed by atoms with Crippen molar-refractivity contribution in [1.82, 2.24) is 0 Å². The zero-order valence-electron chi connectivity index (χ0n) is 25.4. The molecule has 230 valence electrons. The number of hydrogen-bond acceptors (Lipinski definition) is 6. The Morgan fingerprint density at radius 3 is 0.870 bits per heavy atom. The largest absolute Gasteiger partial charge is 0.463 e. The predicted molar refractivity (Wildman–Crippen MR) is 184 cm³/mol. The first-order valence-electron chi connectivity index (χ1n) is 14.7. The number of aryl methyl sites for hydroxylation is 2. The summed E-state index contributed by atoms with van der Waals surface area (Å²) in [5.41, 5.74) is 2.65. The summed E-state index contributed by atoms with van der Waals surface area (Å²) in [5.74, 6) is 1.52. The SMILES string of the molecule is Cc1cccc(P(=O)(Oc2ccccc2)Oc2ccccc2)c1-c1c(C)cccc1P(=O)(Oc1ccccc1)Oc1ccccc1. The third-order valence-electron chi connectivity index (χ3n) is 7.22. The smallest absolute Gasteiger partial charge is 0.413 e. The van der Waals surface area contributed by atoms with Gasteiger partial charge in [-0.15, -0.1) is 0 Å². The van der Waals surface area contributed by atoms with Gasteiger partial charge >= 0.3 is 15.2 Å². The molecule has 6 aromatic carbocycles. The molecule has 0 saturated heterocycles. The molecule has 0 bridgehead atoms. The number of rotatable bonds is 11. The molecule has 0 aromatic heterocycles. The highest BCUT2D eigenvalue weighted by molar-refractivity contribution is 7.64. The van der Waals surface area contributed by atoms with Crippen molar-refractivity contribution in [2.75, 3.05) is 0 Å². The molecule has 0 amide bonds. The van der Waals surface area contributed by atoms with Gasteiger partial charge < -0.3 is 18.1 Å². The maximum Gasteiger partial charge on any atom is 0.463 e. The normalized spacial score (nSPS) is 11.4. The van der Waals surface area contributed by atoms with Crippen molar-refractivity contribution in [3.63, 3.8) is 0 Å². The molecule has 6 rings (SSSR count). The van der Waals surface area contributed by atoms with Crippen LogP contribution < -0.4 is 28.7 Å². The van der Waals surface area contributed by atoms with Crippen LogP contribution in [0.2, 0.25) is 0 Å². The highest BCUT2D eigenvalue weighted by atomic mass is 31.2. The van der Waals surface area contributed by atoms with Crippen molar-refractivity contribution in [1.29, 1.82) is 0 Å². The van der Waals surface area contributed by atoms with E-state index in [0.29, 0.717) is 44.7 Å². The Kier molecular flexibility index (Phi) is 9.12. The second-order valence-electron chi connectivity index (χ2n) is 10.6. The number of benzene rings is 6. The molecule has 0 saturated carbocycles. The van der Waals surface area contributed by atoms with Gasteiger partial charge in [0, 0.05) is 11.1 Å². The molecule has 0 N–H and O–H groups in total. The average molecular weight is 647 g/mol. The Hall–Kier alpha value is -5.02. The zero-order valence-corrected chi connectivity index (χ0v) is 27.1. The van der Waals surface area contributed by atoms with E-state index in [-0.39, 0.29) is 0 Å². The van der Waals surface area contributed by atoms with Gasteiger partial charge in [-0.2, -0.15) is 0 Å². The molecule has 0 radical (unpaired) electrons. The van der Waals surface area contributed by atoms with Gasteiger partial charge in [0.25, 0.3) is 0 Å². The highest BCUT2D eigenvalue weighted by Crippen LogP contribution is 2.53. The summed E-state index contributed by atoms with van der Waals surface area (Å²) in [6, 6.07) is 46.5. The Bertz CT molecular complexity index is 1780. The van der Waals surface area contributed by atoms with Crippen molar-refractivity contribution in [2.45, 2.75) is 13.8 Å². The van der Waals surface area contributed by atoms with Gasteiger partial charge in [0.15, 0.2) is 0 Å². The first-order valence-corrected chi connectivity index (χ1v) is 17.8. The van der Waals surface area contributed by atoms with Crippen LogP contribution in [0.5, 0.6) is 23.0 Å². The summed E-state index contributed by atoms with van der Waals surface area (Å²) >= 11 is 0. The summed E-state index contributed by atoms with van der Waals surface area (Å²) in [6.45, 7) is 3.82. The Morgan fingerprint density at radius 1 is 0.348 bits per heavy atom. The van der Waals surface area contributed by atoms with Crippen LogP contribution in [0.1, 0.15) is 11.1 Å². The van der Waals surface area contributed by atoms with Gasteiger partial charge in [-0.1, -0.05) is 97.1 Å². The fourth-order valence-corrected chi connectivity index (χ4v) is 8.85. The highest BCUT2D eigenvalue weighted by Gasteiger charge is 2.40. The molecule has 0 aliphatic carbocycles. The number of para-hydroxylation sites is 4. The lowest BCUT2D eigenvalue weighted by molar-refractivity contribution is 0.397. The molecule has 6 aromatic rings. The average Bonchev–Trinajstić information content (AvgIpc) is 3.06. The van der Waals surface area contributed by atoms with Crippen LogP contribution in [0.25, 0.3) is 11.1 Å². The molecular formula is C38H32O6P2. The molecule has 0 spiro atoms. The first-order chi connectivity index (χ1) is 22.3. The molecule has 0 fully saturated rings. The van der Waals surface area contributed by atoms with E-state index in [2.05, 4.69) is 0 Å². The quantitative estimate of drug-likeness (QED) is 0.131. The molecule has 8 heteroatoms. The van der Waals surface area contributed by atoms with E-state index in [9.17, 15) is 0 Å². The van der Waals surface area contributed by atoms with Crippen molar-refractivity contribution in [2.24, 2.45) is 0 Å². The summed E-state index contributed by atoms with van der Waals surface area (Å²) in [6.07, 6.45) is 0. The minimum absolute atomic E-state index is 0.307. The fraction of sp³-hybridized carbons (Fsp3) is 0.0526. The van der Waals surface area contributed by atoms with Gasteiger partial charge in [-0.25, -0.2) is 9.13 Å². The van der Waals surface area contributed by atoms with E-state index in [1.807, 2.05) is 62.4 Å². The van der Waals surface area contributed by atoms with Crippen molar-refractivity contribution in [3.8, 4) is 34.1 Å². The van der Waals surface area contributed by atoms with Crippen LogP contribution in [0.4, 0.5) is 0 Å². The summed E-state index contributed by atoms with van der Waals surface area (Å²) in [7, 11) is -8.28. The molecular weight excluding hydrogens is 614 g/mol. The fourth-order valence-electron chi connectivity index (χ4n) is 5.13. The molecule has 46 heavy (non-hydrogen) atoms. The van der Waals surface area contributed by atoms with E-state index < -0.39 is 15.2 Å². The van der Waals surface area contributed by atoms with E-state index in [1.54, 1.807) is 109 Å². The Morgan fingerprint density at radius 2 is 0.609 bits per heavy atom. The minimum atomic E-state index is -4.14. The van der Waals surface area contributed by atoms with Gasteiger partial charge in [0.1, 0.15) is 23.0 Å². The third-order valence-corrected chi connectivity index (χ3v) is 10.9. The third kappa shape index (κ3) is 6.79. The molecule has 0 atom stereocenters. The lowest BCUT2D eigenvalue weighted by atomic mass is 9.96. The van der Waals surface area contributed by atoms with Gasteiger partial charge in [0.2, 0.25) is 0 Å². The van der Waals surface area contributed by atoms with E-state index in [0.717, 1.165) is 11.1 Å². The van der Waals surface area contributed by atoms with E-state index in [1.165, 1.54) is 0 Å². The second-order valence-corrected chi connectivity index (χ2v) is 14.2. The van der Waals surface area contributed by atoms with Crippen LogP contribution in [0, 0.1) is 13.8 Å². The maximum absolute atomic E-state index is 15.2. The Labute approximate surface area is 269 Å². The van der Waals surface area contributed by atoms with Crippen molar-refractivity contribution >= 4 is 25.8 Å². The molecule has 6 nitrogen and oxygen atoms in total. The summed E-state index contributed by atoms with van der Waals surface area (Å²) in [5, 5.41) is 0.614. The van der Waals surface area contributed by atoms with Crippen LogP contribution in [-0.4, -0.2) is 0 Å². The zero-order chi connectivity index (χ0) is 32.0. The van der Waals surface area contributed by atoms with E-state index in [4.69, 9.17) is 18.1 Å². The summed E-state index contributed by atoms with van der Waals surface area (Å²) < 4.78 is 55.4. The molecule has 0 aliphatic heterocycles. The molecule has 0 unspecified atom stereocenters. The molecule has 0 aliphatic rings. The molecule has 0 heterocycles. The minimum Gasteiger partial charge on any atom is -0.413 e. The van der Waals surface area contributed by atoms with E-state index >= 15 is 9.13 Å². The van der Waals surface area contributed by atoms with Crippen LogP contribution in [0.3, 0.4) is 0 Å².